The van der Waals surface area contributed by atoms with Crippen molar-refractivity contribution in [3.8, 4) is 11.4 Å². The number of aromatic nitrogens is 3. The van der Waals surface area contributed by atoms with Crippen molar-refractivity contribution >= 4 is 101 Å². The van der Waals surface area contributed by atoms with Crippen molar-refractivity contribution in [3.63, 3.8) is 0 Å². The van der Waals surface area contributed by atoms with Crippen molar-refractivity contribution in [2.45, 2.75) is 9.79 Å². The molecule has 0 unspecified atom stereocenters. The average molecular weight is 692 g/mol. The Morgan fingerprint density at radius 1 is 0.392 bits per heavy atom. The number of hydrogen-bond acceptors (Lipinski definition) is 2. The van der Waals surface area contributed by atoms with Crippen LogP contribution in [0.3, 0.4) is 0 Å². The summed E-state index contributed by atoms with van der Waals surface area (Å²) in [7, 11) is 0. The van der Waals surface area contributed by atoms with E-state index < -0.39 is 0 Å². The minimum atomic E-state index is 1.13. The Morgan fingerprint density at radius 2 is 0.784 bits per heavy atom. The van der Waals surface area contributed by atoms with Crippen molar-refractivity contribution in [3.05, 3.63) is 157 Å². The van der Waals surface area contributed by atoms with E-state index in [1.54, 1.807) is 23.5 Å². The topological polar surface area (TPSA) is 14.8 Å². The number of fused-ring (bicyclic) bond motifs is 9. The van der Waals surface area contributed by atoms with Crippen LogP contribution in [0.25, 0.3) is 89.1 Å². The van der Waals surface area contributed by atoms with Crippen LogP contribution >= 0.6 is 23.5 Å². The summed E-state index contributed by atoms with van der Waals surface area (Å²) in [6.07, 6.45) is 8.82. The molecular weight excluding hydrogens is 659 g/mol. The van der Waals surface area contributed by atoms with Crippen LogP contribution < -0.4 is 0 Å². The molecular formula is C46H33N3S2. The minimum Gasteiger partial charge on any atom is -0.316 e. The van der Waals surface area contributed by atoms with Gasteiger partial charge in [0.1, 0.15) is 0 Å². The number of nitrogens with zero attached hydrogens (tertiary/aromatic N) is 3. The summed E-state index contributed by atoms with van der Waals surface area (Å²) in [6.45, 7) is 0. The van der Waals surface area contributed by atoms with E-state index in [0.717, 1.165) is 16.9 Å². The fourth-order valence-corrected chi connectivity index (χ4v) is 8.84. The molecule has 5 heteroatoms. The second-order valence-corrected chi connectivity index (χ2v) is 14.7. The van der Waals surface area contributed by atoms with Crippen LogP contribution in [0.5, 0.6) is 0 Å². The molecule has 10 aromatic rings. The third kappa shape index (κ3) is 4.76. The summed E-state index contributed by atoms with van der Waals surface area (Å²) in [5.74, 6) is 0. The van der Waals surface area contributed by atoms with Crippen LogP contribution in [0.15, 0.2) is 161 Å². The zero-order chi connectivity index (χ0) is 34.1. The zero-order valence-corrected chi connectivity index (χ0v) is 29.9. The first kappa shape index (κ1) is 30.2. The molecule has 0 radical (unpaired) electrons. The Labute approximate surface area is 304 Å². The van der Waals surface area contributed by atoms with Crippen LogP contribution in [-0.4, -0.2) is 26.2 Å². The molecule has 0 bridgehead atoms. The summed E-state index contributed by atoms with van der Waals surface area (Å²) in [5.41, 5.74) is 10.6. The molecule has 7 aromatic carbocycles. The molecule has 0 aliphatic rings. The molecule has 0 aliphatic heterocycles. The second kappa shape index (κ2) is 12.0. The van der Waals surface area contributed by atoms with E-state index in [1.807, 2.05) is 0 Å². The highest BCUT2D eigenvalue weighted by molar-refractivity contribution is 7.98. The predicted octanol–water partition coefficient (Wildman–Crippen LogP) is 13.1. The van der Waals surface area contributed by atoms with Crippen LogP contribution in [0.4, 0.5) is 0 Å². The lowest BCUT2D eigenvalue weighted by Crippen LogP contribution is -2.00. The first-order valence-corrected chi connectivity index (χ1v) is 19.6. The van der Waals surface area contributed by atoms with Gasteiger partial charge in [-0.3, -0.25) is 0 Å². The summed E-state index contributed by atoms with van der Waals surface area (Å²) in [6, 6.07) is 55.7. The number of para-hydroxylation sites is 4. The van der Waals surface area contributed by atoms with E-state index in [9.17, 15) is 0 Å². The maximum Gasteiger partial charge on any atom is 0.0541 e. The molecule has 0 atom stereocenters. The van der Waals surface area contributed by atoms with Gasteiger partial charge in [0.2, 0.25) is 0 Å². The first-order valence-electron chi connectivity index (χ1n) is 17.2. The van der Waals surface area contributed by atoms with Gasteiger partial charge in [-0.05, 0) is 103 Å². The quantitative estimate of drug-likeness (QED) is 0.161. The molecule has 3 heterocycles. The Bertz CT molecular complexity index is 2710. The fraction of sp³-hybridized carbons (Fsp3) is 0.0435. The highest BCUT2D eigenvalue weighted by Crippen LogP contribution is 2.38. The van der Waals surface area contributed by atoms with E-state index in [4.69, 9.17) is 0 Å². The standard InChI is InChI=1S/C46H33N3S2/c1-50-33-19-21-41-39(28-33)40-29-34(51-2)20-22-42(40)47(41)24-23-30-25-31(48-43-15-7-3-11-35(43)36-12-4-8-16-44(36)48)27-32(26-30)49-45-17-9-5-13-37(45)38-14-6-10-18-46(38)49/h3-29H,1-2H3. The lowest BCUT2D eigenvalue weighted by atomic mass is 10.1. The Morgan fingerprint density at radius 3 is 1.18 bits per heavy atom. The molecule has 0 saturated heterocycles. The monoisotopic (exact) mass is 691 g/mol. The number of rotatable bonds is 6. The Kier molecular flexibility index (Phi) is 7.12. The summed E-state index contributed by atoms with van der Waals surface area (Å²) >= 11 is 3.58. The third-order valence-corrected chi connectivity index (χ3v) is 11.7. The van der Waals surface area contributed by atoms with Crippen molar-refractivity contribution in [1.29, 1.82) is 0 Å². The molecule has 244 valence electrons. The lowest BCUT2D eigenvalue weighted by molar-refractivity contribution is 1.13. The second-order valence-electron chi connectivity index (χ2n) is 13.0. The predicted molar refractivity (Wildman–Crippen MR) is 223 cm³/mol. The SMILES string of the molecule is CSc1ccc2c(c1)c1cc(SC)ccc1n2C=Cc1cc(-n2c3ccccc3c3ccccc32)cc(-n2c3ccccc3c3ccccc32)c1. The van der Waals surface area contributed by atoms with Crippen molar-refractivity contribution in [2.75, 3.05) is 12.5 Å². The molecule has 3 aromatic heterocycles. The van der Waals surface area contributed by atoms with Gasteiger partial charge in [-0.2, -0.15) is 0 Å². The van der Waals surface area contributed by atoms with E-state index in [0.29, 0.717) is 0 Å². The normalized spacial score (nSPS) is 12.2. The van der Waals surface area contributed by atoms with E-state index in [1.165, 1.54) is 75.2 Å². The molecule has 51 heavy (non-hydrogen) atoms. The summed E-state index contributed by atoms with van der Waals surface area (Å²) < 4.78 is 7.20. The van der Waals surface area contributed by atoms with Crippen LogP contribution in [-0.2, 0) is 0 Å². The zero-order valence-electron chi connectivity index (χ0n) is 28.2. The minimum absolute atomic E-state index is 1.13. The molecule has 0 fully saturated rings. The van der Waals surface area contributed by atoms with Crippen molar-refractivity contribution in [1.82, 2.24) is 13.7 Å². The van der Waals surface area contributed by atoms with Gasteiger partial charge in [-0.25, -0.2) is 0 Å². The van der Waals surface area contributed by atoms with Gasteiger partial charge in [0.25, 0.3) is 0 Å². The summed E-state index contributed by atoms with van der Waals surface area (Å²) in [5, 5.41) is 7.59. The highest BCUT2D eigenvalue weighted by Gasteiger charge is 2.17. The van der Waals surface area contributed by atoms with Gasteiger partial charge < -0.3 is 13.7 Å². The fourth-order valence-electron chi connectivity index (χ4n) is 7.96. The molecule has 0 aliphatic carbocycles. The first-order chi connectivity index (χ1) is 25.2. The maximum absolute atomic E-state index is 2.42. The van der Waals surface area contributed by atoms with Gasteiger partial charge in [0.05, 0.1) is 33.1 Å². The molecule has 0 N–H and O–H groups in total. The van der Waals surface area contributed by atoms with Crippen molar-refractivity contribution < 1.29 is 0 Å². The van der Waals surface area contributed by atoms with E-state index >= 15 is 0 Å². The van der Waals surface area contributed by atoms with Gasteiger partial charge in [-0.15, -0.1) is 23.5 Å². The van der Waals surface area contributed by atoms with Gasteiger partial charge in [-0.1, -0.05) is 72.8 Å². The molecule has 0 saturated carbocycles. The number of thioether (sulfide) groups is 2. The third-order valence-electron chi connectivity index (χ3n) is 10.2. The summed E-state index contributed by atoms with van der Waals surface area (Å²) in [4.78, 5) is 2.55. The molecule has 3 nitrogen and oxygen atoms in total. The van der Waals surface area contributed by atoms with Crippen LogP contribution in [0, 0.1) is 0 Å². The smallest absolute Gasteiger partial charge is 0.0541 e. The number of hydrogen-bond donors (Lipinski definition) is 0. The molecule has 10 rings (SSSR count). The van der Waals surface area contributed by atoms with Gasteiger partial charge in [0, 0.05) is 59.7 Å². The van der Waals surface area contributed by atoms with Crippen LogP contribution in [0.1, 0.15) is 5.56 Å². The maximum atomic E-state index is 2.42. The van der Waals surface area contributed by atoms with Gasteiger partial charge >= 0.3 is 0 Å². The largest absolute Gasteiger partial charge is 0.316 e. The highest BCUT2D eigenvalue weighted by atomic mass is 32.2. The van der Waals surface area contributed by atoms with Crippen LogP contribution in [0.2, 0.25) is 0 Å². The van der Waals surface area contributed by atoms with E-state index in [-0.39, 0.29) is 0 Å². The number of benzene rings is 7. The van der Waals surface area contributed by atoms with E-state index in [2.05, 4.69) is 190 Å². The molecule has 0 spiro atoms. The average Bonchev–Trinajstić information content (AvgIpc) is 3.82. The van der Waals surface area contributed by atoms with Crippen molar-refractivity contribution in [2.24, 2.45) is 0 Å². The Hall–Kier alpha value is -5.62. The Balaban J connectivity index is 1.25. The molecule has 0 amide bonds. The lowest BCUT2D eigenvalue weighted by Gasteiger charge is -2.15. The van der Waals surface area contributed by atoms with Gasteiger partial charge in [0.15, 0.2) is 0 Å².